The van der Waals surface area contributed by atoms with Crippen molar-refractivity contribution in [1.29, 1.82) is 0 Å². The molecule has 6 nitrogen and oxygen atoms in total. The Morgan fingerprint density at radius 2 is 2.32 bits per heavy atom. The molecule has 1 saturated heterocycles. The summed E-state index contributed by atoms with van der Waals surface area (Å²) in [6.45, 7) is 8.49. The average molecular weight is 268 g/mol. The zero-order valence-corrected chi connectivity index (χ0v) is 11.8. The second-order valence-electron chi connectivity index (χ2n) is 5.71. The normalized spacial score (nSPS) is 18.9. The summed E-state index contributed by atoms with van der Waals surface area (Å²) in [6.07, 6.45) is 0.618. The van der Waals surface area contributed by atoms with E-state index in [0.29, 0.717) is 19.1 Å². The van der Waals surface area contributed by atoms with Crippen molar-refractivity contribution in [1.82, 2.24) is 10.1 Å². The first-order chi connectivity index (χ1) is 8.85. The van der Waals surface area contributed by atoms with Crippen LogP contribution in [0.15, 0.2) is 10.6 Å². The van der Waals surface area contributed by atoms with E-state index >= 15 is 0 Å². The van der Waals surface area contributed by atoms with Crippen LogP contribution in [0.1, 0.15) is 32.9 Å². The third-order valence-corrected chi connectivity index (χ3v) is 2.80. The molecule has 106 valence electrons. The van der Waals surface area contributed by atoms with E-state index in [2.05, 4.69) is 5.16 Å². The monoisotopic (exact) mass is 268 g/mol. The van der Waals surface area contributed by atoms with Gasteiger partial charge in [0.15, 0.2) is 0 Å². The van der Waals surface area contributed by atoms with Gasteiger partial charge in [0.25, 0.3) is 0 Å². The zero-order valence-electron chi connectivity index (χ0n) is 11.8. The van der Waals surface area contributed by atoms with Crippen LogP contribution >= 0.6 is 0 Å². The summed E-state index contributed by atoms with van der Waals surface area (Å²) >= 11 is 0. The van der Waals surface area contributed by atoms with E-state index in [9.17, 15) is 4.79 Å². The lowest BCUT2D eigenvalue weighted by atomic mass is 10.1. The summed E-state index contributed by atoms with van der Waals surface area (Å²) in [6, 6.07) is 1.76. The molecule has 1 aliphatic heterocycles. The number of nitrogens with zero attached hydrogens (tertiary/aromatic N) is 2. The maximum Gasteiger partial charge on any atom is 0.410 e. The number of ether oxygens (including phenoxy) is 2. The minimum atomic E-state index is -0.472. The molecule has 6 heteroatoms. The molecule has 0 spiro atoms. The van der Waals surface area contributed by atoms with Crippen molar-refractivity contribution in [2.24, 2.45) is 0 Å². The highest BCUT2D eigenvalue weighted by Crippen LogP contribution is 2.22. The Bertz CT molecular complexity index is 450. The van der Waals surface area contributed by atoms with Gasteiger partial charge in [0.2, 0.25) is 0 Å². The van der Waals surface area contributed by atoms with E-state index < -0.39 is 5.60 Å². The van der Waals surface area contributed by atoms with Crippen LogP contribution in [-0.2, 0) is 4.74 Å². The van der Waals surface area contributed by atoms with E-state index in [1.54, 1.807) is 11.0 Å². The Hall–Kier alpha value is -1.72. The van der Waals surface area contributed by atoms with Gasteiger partial charge < -0.3 is 18.9 Å². The average Bonchev–Trinajstić information content (AvgIpc) is 2.59. The van der Waals surface area contributed by atoms with Crippen LogP contribution in [0.2, 0.25) is 0 Å². The lowest BCUT2D eigenvalue weighted by Crippen LogP contribution is -2.55. The first kappa shape index (κ1) is 13.7. The van der Waals surface area contributed by atoms with Crippen molar-refractivity contribution in [3.8, 4) is 5.95 Å². The molecule has 0 aromatic carbocycles. The molecule has 1 amide bonds. The third kappa shape index (κ3) is 3.62. The fraction of sp³-hybridized carbons (Fsp3) is 0.692. The van der Waals surface area contributed by atoms with Gasteiger partial charge >= 0.3 is 12.0 Å². The van der Waals surface area contributed by atoms with Gasteiger partial charge in [0, 0.05) is 12.6 Å². The molecule has 0 saturated carbocycles. The number of likely N-dealkylation sites (tertiary alicyclic amines) is 1. The summed E-state index contributed by atoms with van der Waals surface area (Å²) < 4.78 is 15.7. The fourth-order valence-electron chi connectivity index (χ4n) is 1.76. The molecule has 0 radical (unpaired) electrons. The Labute approximate surface area is 112 Å². The summed E-state index contributed by atoms with van der Waals surface area (Å²) in [5, 5.41) is 3.74. The van der Waals surface area contributed by atoms with Crippen molar-refractivity contribution < 1.29 is 18.8 Å². The van der Waals surface area contributed by atoms with Gasteiger partial charge in [0.05, 0.1) is 11.7 Å². The van der Waals surface area contributed by atoms with E-state index in [1.165, 1.54) is 0 Å². The Kier molecular flexibility index (Phi) is 3.68. The number of carbonyl (C=O) groups is 1. The Morgan fingerprint density at radius 3 is 2.79 bits per heavy atom. The van der Waals surface area contributed by atoms with Gasteiger partial charge in [-0.15, -0.1) is 0 Å². The molecule has 1 aliphatic rings. The van der Waals surface area contributed by atoms with Gasteiger partial charge in [-0.1, -0.05) is 5.16 Å². The first-order valence-corrected chi connectivity index (χ1v) is 6.41. The minimum Gasteiger partial charge on any atom is -0.462 e. The van der Waals surface area contributed by atoms with Gasteiger partial charge in [-0.2, -0.15) is 0 Å². The van der Waals surface area contributed by atoms with Crippen LogP contribution in [0.25, 0.3) is 0 Å². The molecular formula is C13H20N2O4. The van der Waals surface area contributed by atoms with Gasteiger partial charge in [0.1, 0.15) is 12.2 Å². The molecule has 19 heavy (non-hydrogen) atoms. The molecule has 1 fully saturated rings. The van der Waals surface area contributed by atoms with Crippen LogP contribution in [0.4, 0.5) is 4.79 Å². The number of rotatable bonds is 3. The standard InChI is InChI=1S/C13H20N2O4/c1-9-7-11(19-14-9)17-8-10-5-6-15(10)12(16)18-13(2,3)4/h7,10H,5-6,8H2,1-4H3/t10-/m0/s1. The van der Waals surface area contributed by atoms with Crippen LogP contribution in [0.5, 0.6) is 5.95 Å². The predicted octanol–water partition coefficient (Wildman–Crippen LogP) is 2.37. The molecule has 1 atom stereocenters. The highest BCUT2D eigenvalue weighted by Gasteiger charge is 2.35. The molecule has 2 rings (SSSR count). The van der Waals surface area contributed by atoms with Crippen molar-refractivity contribution in [3.63, 3.8) is 0 Å². The predicted molar refractivity (Wildman–Crippen MR) is 68.1 cm³/mol. The smallest absolute Gasteiger partial charge is 0.410 e. The van der Waals surface area contributed by atoms with E-state index in [1.807, 2.05) is 27.7 Å². The lowest BCUT2D eigenvalue weighted by molar-refractivity contribution is -0.0164. The largest absolute Gasteiger partial charge is 0.462 e. The van der Waals surface area contributed by atoms with E-state index in [4.69, 9.17) is 14.0 Å². The van der Waals surface area contributed by atoms with Crippen LogP contribution in [0, 0.1) is 6.92 Å². The molecule has 1 aromatic rings. The van der Waals surface area contributed by atoms with Gasteiger partial charge in [-0.25, -0.2) is 4.79 Å². The number of hydrogen-bond acceptors (Lipinski definition) is 5. The summed E-state index contributed by atoms with van der Waals surface area (Å²) in [7, 11) is 0. The molecule has 0 aliphatic carbocycles. The second kappa shape index (κ2) is 5.11. The highest BCUT2D eigenvalue weighted by molar-refractivity contribution is 5.69. The van der Waals surface area contributed by atoms with Crippen molar-refractivity contribution in [3.05, 3.63) is 11.8 Å². The molecule has 2 heterocycles. The molecular weight excluding hydrogens is 248 g/mol. The molecule has 0 N–H and O–H groups in total. The van der Waals surface area contributed by atoms with Crippen LogP contribution in [-0.4, -0.2) is 40.9 Å². The second-order valence-corrected chi connectivity index (χ2v) is 5.71. The molecule has 0 unspecified atom stereocenters. The van der Waals surface area contributed by atoms with Crippen LogP contribution in [0.3, 0.4) is 0 Å². The molecule has 1 aromatic heterocycles. The summed E-state index contributed by atoms with van der Waals surface area (Å²) in [4.78, 5) is 13.6. The van der Waals surface area contributed by atoms with Crippen molar-refractivity contribution in [2.75, 3.05) is 13.2 Å². The highest BCUT2D eigenvalue weighted by atomic mass is 16.6. The van der Waals surface area contributed by atoms with Crippen molar-refractivity contribution in [2.45, 2.75) is 45.8 Å². The fourth-order valence-corrected chi connectivity index (χ4v) is 1.76. The zero-order chi connectivity index (χ0) is 14.0. The number of amides is 1. The first-order valence-electron chi connectivity index (χ1n) is 6.41. The number of aryl methyl sites for hydroxylation is 1. The molecule has 0 bridgehead atoms. The van der Waals surface area contributed by atoms with Gasteiger partial charge in [-0.3, -0.25) is 0 Å². The SMILES string of the molecule is Cc1cc(OC[C@@H]2CCN2C(=O)OC(C)(C)C)on1. The number of carbonyl (C=O) groups excluding carboxylic acids is 1. The minimum absolute atomic E-state index is 0.0419. The summed E-state index contributed by atoms with van der Waals surface area (Å²) in [5.74, 6) is 0.383. The van der Waals surface area contributed by atoms with E-state index in [-0.39, 0.29) is 12.1 Å². The Balaban J connectivity index is 1.80. The topological polar surface area (TPSA) is 64.8 Å². The number of hydrogen-bond donors (Lipinski definition) is 0. The maximum atomic E-state index is 11.9. The summed E-state index contributed by atoms with van der Waals surface area (Å²) in [5.41, 5.74) is 0.299. The lowest BCUT2D eigenvalue weighted by Gasteiger charge is -2.40. The van der Waals surface area contributed by atoms with Crippen molar-refractivity contribution >= 4 is 6.09 Å². The Morgan fingerprint density at radius 1 is 1.58 bits per heavy atom. The third-order valence-electron chi connectivity index (χ3n) is 2.80. The van der Waals surface area contributed by atoms with E-state index in [0.717, 1.165) is 12.1 Å². The van der Waals surface area contributed by atoms with Gasteiger partial charge in [-0.05, 0) is 34.1 Å². The quantitative estimate of drug-likeness (QED) is 0.842. The van der Waals surface area contributed by atoms with Crippen LogP contribution < -0.4 is 4.74 Å². The number of aromatic nitrogens is 1. The maximum absolute atomic E-state index is 11.9.